The lowest BCUT2D eigenvalue weighted by atomic mass is 10.1. The zero-order valence-corrected chi connectivity index (χ0v) is 14.8. The third-order valence-corrected chi connectivity index (χ3v) is 4.09. The number of nitrogens with zero attached hydrogens (tertiary/aromatic N) is 1. The lowest BCUT2D eigenvalue weighted by molar-refractivity contribution is 0.0944. The van der Waals surface area contributed by atoms with Gasteiger partial charge in [0.15, 0.2) is 11.5 Å². The number of ether oxygens (including phenoxy) is 2. The van der Waals surface area contributed by atoms with Gasteiger partial charge in [-0.1, -0.05) is 0 Å². The molecule has 0 radical (unpaired) electrons. The van der Waals surface area contributed by atoms with E-state index in [1.54, 1.807) is 30.5 Å². The summed E-state index contributed by atoms with van der Waals surface area (Å²) in [7, 11) is 0. The summed E-state index contributed by atoms with van der Waals surface area (Å²) in [4.78, 5) is 32.1. The molecule has 8 nitrogen and oxygen atoms in total. The molecule has 3 N–H and O–H groups in total. The van der Waals surface area contributed by atoms with Gasteiger partial charge in [0, 0.05) is 23.2 Å². The molecule has 1 aliphatic rings. The van der Waals surface area contributed by atoms with Crippen molar-refractivity contribution in [2.24, 2.45) is 0 Å². The number of amides is 2. The number of pyridine rings is 1. The van der Waals surface area contributed by atoms with Crippen LogP contribution in [0, 0.1) is 0 Å². The van der Waals surface area contributed by atoms with Crippen molar-refractivity contribution in [2.45, 2.75) is 19.9 Å². The number of carbonyl (C=O) groups is 2. The van der Waals surface area contributed by atoms with Crippen molar-refractivity contribution in [3.05, 3.63) is 47.8 Å². The van der Waals surface area contributed by atoms with E-state index < -0.39 is 0 Å². The van der Waals surface area contributed by atoms with E-state index in [4.69, 9.17) is 9.47 Å². The molecule has 8 heteroatoms. The molecule has 0 saturated carbocycles. The summed E-state index contributed by atoms with van der Waals surface area (Å²) in [6.07, 6.45) is 3.15. The molecule has 2 amide bonds. The van der Waals surface area contributed by atoms with Gasteiger partial charge in [0.1, 0.15) is 5.65 Å². The molecule has 0 unspecified atom stereocenters. The molecule has 1 aromatic carbocycles. The van der Waals surface area contributed by atoms with Gasteiger partial charge in [-0.15, -0.1) is 0 Å². The number of aromatic nitrogens is 2. The molecule has 2 aromatic heterocycles. The molecule has 3 aromatic rings. The summed E-state index contributed by atoms with van der Waals surface area (Å²) >= 11 is 0. The van der Waals surface area contributed by atoms with Gasteiger partial charge in [-0.25, -0.2) is 4.98 Å². The molecular weight excluding hydrogens is 348 g/mol. The zero-order valence-electron chi connectivity index (χ0n) is 14.8. The SMILES string of the molecule is CC(C)NC(=O)c1c[nH]c2ncc(NC(=O)c3ccc4c(c3)OCO4)cc12. The summed E-state index contributed by atoms with van der Waals surface area (Å²) in [5, 5.41) is 6.28. The summed E-state index contributed by atoms with van der Waals surface area (Å²) in [6, 6.07) is 6.72. The summed E-state index contributed by atoms with van der Waals surface area (Å²) in [5.41, 5.74) is 1.98. The van der Waals surface area contributed by atoms with Gasteiger partial charge >= 0.3 is 0 Å². The van der Waals surface area contributed by atoms with Gasteiger partial charge in [-0.3, -0.25) is 9.59 Å². The number of fused-ring (bicyclic) bond motifs is 2. The Morgan fingerprint density at radius 1 is 1.15 bits per heavy atom. The maximum Gasteiger partial charge on any atom is 0.255 e. The fourth-order valence-corrected chi connectivity index (χ4v) is 2.84. The van der Waals surface area contributed by atoms with Crippen LogP contribution >= 0.6 is 0 Å². The highest BCUT2D eigenvalue weighted by molar-refractivity contribution is 6.08. The minimum atomic E-state index is -0.307. The normalized spacial score (nSPS) is 12.4. The Hall–Kier alpha value is -3.55. The smallest absolute Gasteiger partial charge is 0.255 e. The average molecular weight is 366 g/mol. The highest BCUT2D eigenvalue weighted by Gasteiger charge is 2.18. The number of hydrogen-bond acceptors (Lipinski definition) is 5. The quantitative estimate of drug-likeness (QED) is 0.658. The van der Waals surface area contributed by atoms with Gasteiger partial charge in [0.2, 0.25) is 6.79 Å². The van der Waals surface area contributed by atoms with E-state index >= 15 is 0 Å². The lowest BCUT2D eigenvalue weighted by Gasteiger charge is -2.08. The van der Waals surface area contributed by atoms with Crippen LogP contribution in [0.5, 0.6) is 11.5 Å². The lowest BCUT2D eigenvalue weighted by Crippen LogP contribution is -2.29. The predicted octanol–water partition coefficient (Wildman–Crippen LogP) is 2.68. The van der Waals surface area contributed by atoms with Crippen LogP contribution in [-0.4, -0.2) is 34.6 Å². The number of aromatic amines is 1. The van der Waals surface area contributed by atoms with E-state index in [-0.39, 0.29) is 24.6 Å². The number of carbonyl (C=O) groups excluding carboxylic acids is 2. The van der Waals surface area contributed by atoms with E-state index in [9.17, 15) is 9.59 Å². The molecule has 0 fully saturated rings. The number of H-pyrrole nitrogens is 1. The highest BCUT2D eigenvalue weighted by Crippen LogP contribution is 2.32. The summed E-state index contributed by atoms with van der Waals surface area (Å²) in [5.74, 6) is 0.646. The molecule has 0 atom stereocenters. The minimum absolute atomic E-state index is 0.0179. The molecule has 3 heterocycles. The van der Waals surface area contributed by atoms with Crippen LogP contribution in [-0.2, 0) is 0 Å². The average Bonchev–Trinajstić information content (AvgIpc) is 3.26. The van der Waals surface area contributed by atoms with Crippen LogP contribution in [0.25, 0.3) is 11.0 Å². The first-order valence-electron chi connectivity index (χ1n) is 8.50. The minimum Gasteiger partial charge on any atom is -0.454 e. The fourth-order valence-electron chi connectivity index (χ4n) is 2.84. The van der Waals surface area contributed by atoms with Crippen molar-refractivity contribution in [1.29, 1.82) is 0 Å². The first kappa shape index (κ1) is 16.9. The predicted molar refractivity (Wildman–Crippen MR) is 99.2 cm³/mol. The van der Waals surface area contributed by atoms with Gasteiger partial charge < -0.3 is 25.1 Å². The third-order valence-electron chi connectivity index (χ3n) is 4.09. The topological polar surface area (TPSA) is 105 Å². The fraction of sp³-hybridized carbons (Fsp3) is 0.211. The molecule has 0 bridgehead atoms. The second-order valence-corrected chi connectivity index (χ2v) is 6.47. The van der Waals surface area contributed by atoms with Crippen molar-refractivity contribution in [3.8, 4) is 11.5 Å². The number of nitrogens with one attached hydrogen (secondary N) is 3. The van der Waals surface area contributed by atoms with Gasteiger partial charge in [0.05, 0.1) is 17.4 Å². The first-order chi connectivity index (χ1) is 13.0. The second kappa shape index (κ2) is 6.64. The van der Waals surface area contributed by atoms with Crippen molar-refractivity contribution in [1.82, 2.24) is 15.3 Å². The third kappa shape index (κ3) is 3.29. The molecule has 4 rings (SSSR count). The van der Waals surface area contributed by atoms with Crippen LogP contribution in [0.2, 0.25) is 0 Å². The molecule has 0 saturated heterocycles. The highest BCUT2D eigenvalue weighted by atomic mass is 16.7. The van der Waals surface area contributed by atoms with Gasteiger partial charge in [-0.05, 0) is 38.1 Å². The van der Waals surface area contributed by atoms with Crippen LogP contribution in [0.3, 0.4) is 0 Å². The van der Waals surface area contributed by atoms with E-state index in [0.717, 1.165) is 0 Å². The summed E-state index contributed by atoms with van der Waals surface area (Å²) < 4.78 is 10.5. The maximum atomic E-state index is 12.5. The maximum absolute atomic E-state index is 12.5. The van der Waals surface area contributed by atoms with Crippen LogP contribution in [0.1, 0.15) is 34.6 Å². The standard InChI is InChI=1S/C19H18N4O4/c1-10(2)22-19(25)14-8-21-17-13(14)6-12(7-20-17)23-18(24)11-3-4-15-16(5-11)27-9-26-15/h3-8,10H,9H2,1-2H3,(H,20,21)(H,22,25)(H,23,24). The number of anilines is 1. The van der Waals surface area contributed by atoms with Gasteiger partial charge in [0.25, 0.3) is 11.8 Å². The number of hydrogen-bond donors (Lipinski definition) is 3. The summed E-state index contributed by atoms with van der Waals surface area (Å²) in [6.45, 7) is 3.93. The second-order valence-electron chi connectivity index (χ2n) is 6.47. The molecular formula is C19H18N4O4. The van der Waals surface area contributed by atoms with E-state index in [2.05, 4.69) is 20.6 Å². The van der Waals surface area contributed by atoms with Gasteiger partial charge in [-0.2, -0.15) is 0 Å². The molecule has 0 spiro atoms. The van der Waals surface area contributed by atoms with Crippen LogP contribution < -0.4 is 20.1 Å². The van der Waals surface area contributed by atoms with Crippen molar-refractivity contribution in [2.75, 3.05) is 12.1 Å². The molecule has 27 heavy (non-hydrogen) atoms. The van der Waals surface area contributed by atoms with Crippen LogP contribution in [0.4, 0.5) is 5.69 Å². The molecule has 1 aliphatic heterocycles. The zero-order chi connectivity index (χ0) is 19.0. The Bertz CT molecular complexity index is 1040. The Morgan fingerprint density at radius 2 is 1.96 bits per heavy atom. The van der Waals surface area contributed by atoms with Crippen molar-refractivity contribution >= 4 is 28.5 Å². The van der Waals surface area contributed by atoms with E-state index in [1.165, 1.54) is 6.20 Å². The Balaban J connectivity index is 1.58. The Labute approximate surface area is 154 Å². The van der Waals surface area contributed by atoms with E-state index in [0.29, 0.717) is 39.3 Å². The van der Waals surface area contributed by atoms with Crippen molar-refractivity contribution < 1.29 is 19.1 Å². The van der Waals surface area contributed by atoms with Crippen LogP contribution in [0.15, 0.2) is 36.7 Å². The van der Waals surface area contributed by atoms with Crippen molar-refractivity contribution in [3.63, 3.8) is 0 Å². The number of benzene rings is 1. The first-order valence-corrected chi connectivity index (χ1v) is 8.50. The molecule has 138 valence electrons. The number of rotatable bonds is 4. The molecule has 0 aliphatic carbocycles. The van der Waals surface area contributed by atoms with E-state index in [1.807, 2.05) is 13.8 Å². The monoisotopic (exact) mass is 366 g/mol. The largest absolute Gasteiger partial charge is 0.454 e. The Morgan fingerprint density at radius 3 is 2.78 bits per heavy atom. The Kier molecular flexibility index (Phi) is 4.15.